The summed E-state index contributed by atoms with van der Waals surface area (Å²) in [5.41, 5.74) is 0. The van der Waals surface area contributed by atoms with Crippen LogP contribution in [0.3, 0.4) is 0 Å². The van der Waals surface area contributed by atoms with Crippen LogP contribution in [0.2, 0.25) is 19.6 Å². The quantitative estimate of drug-likeness (QED) is 0.671. The van der Waals surface area contributed by atoms with Crippen molar-refractivity contribution in [1.29, 1.82) is 0 Å². The van der Waals surface area contributed by atoms with E-state index in [-0.39, 0.29) is 20.3 Å². The Kier molecular flexibility index (Phi) is 7.23. The molecule has 0 aromatic heterocycles. The fraction of sp³-hybridized carbons (Fsp3) is 0.200. The number of hydrogen-bond acceptors (Lipinski definition) is 3. The predicted molar refractivity (Wildman–Crippen MR) is 88.7 cm³/mol. The largest absolute Gasteiger partial charge is 0.584 e. The normalized spacial score (nSPS) is 10.5. The third-order valence-corrected chi connectivity index (χ3v) is 2.81. The summed E-state index contributed by atoms with van der Waals surface area (Å²) in [6.07, 6.45) is 0. The van der Waals surface area contributed by atoms with Crippen LogP contribution < -0.4 is 9.05 Å². The van der Waals surface area contributed by atoms with Crippen molar-refractivity contribution in [2.45, 2.75) is 19.6 Å². The highest BCUT2D eigenvalue weighted by atomic mass is 31.2. The van der Waals surface area contributed by atoms with Gasteiger partial charge in [-0.2, -0.15) is 0 Å². The summed E-state index contributed by atoms with van der Waals surface area (Å²) in [6.45, 7) is 6.92. The Labute approximate surface area is 127 Å². The molecule has 0 saturated heterocycles. The number of benzene rings is 2. The van der Waals surface area contributed by atoms with E-state index in [1.165, 1.54) is 0 Å². The molecule has 0 aliphatic rings. The molecule has 0 bridgehead atoms. The van der Waals surface area contributed by atoms with Crippen LogP contribution in [0.5, 0.6) is 11.5 Å². The molecule has 1 N–H and O–H groups in total. The van der Waals surface area contributed by atoms with Crippen LogP contribution in [0.1, 0.15) is 0 Å². The van der Waals surface area contributed by atoms with Crippen LogP contribution in [0.25, 0.3) is 0 Å². The second kappa shape index (κ2) is 8.67. The Bertz CT molecular complexity index is 512. The molecule has 0 aliphatic carbocycles. The molecule has 0 unspecified atom stereocenters. The van der Waals surface area contributed by atoms with Crippen molar-refractivity contribution in [1.82, 2.24) is 0 Å². The minimum absolute atomic E-state index is 0.139. The molecule has 0 spiro atoms. The van der Waals surface area contributed by atoms with E-state index in [2.05, 4.69) is 19.6 Å². The van der Waals surface area contributed by atoms with E-state index in [1.54, 1.807) is 60.7 Å². The van der Waals surface area contributed by atoms with E-state index in [9.17, 15) is 9.46 Å². The smallest absolute Gasteiger partial charge is 0.395 e. The van der Waals surface area contributed by atoms with Crippen molar-refractivity contribution in [3.63, 3.8) is 0 Å². The number of rotatable bonds is 4. The average Bonchev–Trinajstić information content (AvgIpc) is 2.39. The van der Waals surface area contributed by atoms with Crippen molar-refractivity contribution in [2.24, 2.45) is 0 Å². The maximum atomic E-state index is 11.7. The maximum absolute atomic E-state index is 11.7. The van der Waals surface area contributed by atoms with E-state index >= 15 is 0 Å². The highest BCUT2D eigenvalue weighted by molar-refractivity contribution is 7.48. The van der Waals surface area contributed by atoms with E-state index < -0.39 is 7.82 Å². The number of hydrogen-bond donors (Lipinski definition) is 1. The summed E-state index contributed by atoms with van der Waals surface area (Å²) in [5, 5.41) is 0. The van der Waals surface area contributed by atoms with Gasteiger partial charge >= 0.3 is 7.82 Å². The van der Waals surface area contributed by atoms with Crippen molar-refractivity contribution in [2.75, 3.05) is 0 Å². The zero-order valence-electron chi connectivity index (χ0n) is 12.5. The van der Waals surface area contributed by atoms with E-state index in [4.69, 9.17) is 9.05 Å². The second-order valence-corrected chi connectivity index (χ2v) is 9.78. The van der Waals surface area contributed by atoms with Crippen LogP contribution in [-0.2, 0) is 4.57 Å². The first kappa shape index (κ1) is 17.5. The number of para-hydroxylation sites is 2. The van der Waals surface area contributed by atoms with Gasteiger partial charge in [-0.15, -0.1) is 0 Å². The summed E-state index contributed by atoms with van der Waals surface area (Å²) in [7, 11) is -4.28. The van der Waals surface area contributed by atoms with Crippen molar-refractivity contribution in [3.05, 3.63) is 60.7 Å². The molecule has 0 amide bonds. The maximum Gasteiger partial charge on any atom is 0.584 e. The fourth-order valence-corrected chi connectivity index (χ4v) is 2.06. The summed E-state index contributed by atoms with van der Waals surface area (Å²) in [4.78, 5) is 9.53. The molecular formula is C15H21O4PSi. The molecular weight excluding hydrogens is 303 g/mol. The van der Waals surface area contributed by atoms with Crippen molar-refractivity contribution in [3.8, 4) is 11.5 Å². The van der Waals surface area contributed by atoms with Gasteiger partial charge < -0.3 is 9.05 Å². The third kappa shape index (κ3) is 8.35. The van der Waals surface area contributed by atoms with Gasteiger partial charge in [0, 0.05) is 8.80 Å². The standard InChI is InChI=1S/C12H11O4P.C3H10Si/c13-17(14,15-11-7-3-1-4-8-11)16-12-9-5-2-6-10-12;1-4(2)3/h1-10H,(H,13,14);4H,1-3H3. The monoisotopic (exact) mass is 324 g/mol. The van der Waals surface area contributed by atoms with Crippen LogP contribution in [0.4, 0.5) is 0 Å². The minimum Gasteiger partial charge on any atom is -0.395 e. The molecule has 2 aromatic carbocycles. The summed E-state index contributed by atoms with van der Waals surface area (Å²) in [6, 6.07) is 16.7. The molecule has 0 atom stereocenters. The van der Waals surface area contributed by atoms with Crippen LogP contribution in [0, 0.1) is 0 Å². The average molecular weight is 324 g/mol. The molecule has 2 aromatic rings. The molecule has 0 radical (unpaired) electrons. The lowest BCUT2D eigenvalue weighted by Gasteiger charge is -2.13. The fourth-order valence-electron chi connectivity index (χ4n) is 1.25. The van der Waals surface area contributed by atoms with Gasteiger partial charge in [0.1, 0.15) is 11.5 Å². The van der Waals surface area contributed by atoms with Gasteiger partial charge in [-0.25, -0.2) is 4.57 Å². The van der Waals surface area contributed by atoms with E-state index in [1.807, 2.05) is 0 Å². The van der Waals surface area contributed by atoms with Gasteiger partial charge in [-0.3, -0.25) is 4.89 Å². The Morgan fingerprint density at radius 3 is 1.38 bits per heavy atom. The number of phosphoric ester groups is 1. The molecule has 0 saturated carbocycles. The highest BCUT2D eigenvalue weighted by Crippen LogP contribution is 2.43. The van der Waals surface area contributed by atoms with Gasteiger partial charge in [-0.05, 0) is 24.3 Å². The van der Waals surface area contributed by atoms with Gasteiger partial charge in [0.15, 0.2) is 0 Å². The Morgan fingerprint density at radius 2 is 1.10 bits per heavy atom. The molecule has 0 heterocycles. The van der Waals surface area contributed by atoms with E-state index in [0.717, 1.165) is 0 Å². The van der Waals surface area contributed by atoms with Crippen molar-refractivity contribution >= 4 is 16.6 Å². The zero-order chi connectivity index (χ0) is 15.7. The Morgan fingerprint density at radius 1 is 0.810 bits per heavy atom. The molecule has 2 rings (SSSR count). The molecule has 6 heteroatoms. The highest BCUT2D eigenvalue weighted by Gasteiger charge is 2.24. The first-order chi connectivity index (χ1) is 9.89. The second-order valence-electron chi connectivity index (χ2n) is 5.01. The third-order valence-electron chi connectivity index (χ3n) is 1.93. The lowest BCUT2D eigenvalue weighted by atomic mass is 10.3. The molecule has 21 heavy (non-hydrogen) atoms. The van der Waals surface area contributed by atoms with Gasteiger partial charge in [0.05, 0.1) is 0 Å². The summed E-state index contributed by atoms with van der Waals surface area (Å²) in [5.74, 6) is 0.573. The number of phosphoric acid groups is 1. The van der Waals surface area contributed by atoms with E-state index in [0.29, 0.717) is 0 Å². The lowest BCUT2D eigenvalue weighted by molar-refractivity contribution is 0.291. The molecule has 0 fully saturated rings. The van der Waals surface area contributed by atoms with Crippen LogP contribution in [-0.4, -0.2) is 13.7 Å². The van der Waals surface area contributed by atoms with Gasteiger partial charge in [0.2, 0.25) is 0 Å². The first-order valence-corrected chi connectivity index (χ1v) is 11.7. The molecule has 0 aliphatic heterocycles. The zero-order valence-corrected chi connectivity index (χ0v) is 14.5. The summed E-state index contributed by atoms with van der Waals surface area (Å²) < 4.78 is 21.5. The molecule has 114 valence electrons. The van der Waals surface area contributed by atoms with Crippen LogP contribution >= 0.6 is 7.82 Å². The first-order valence-electron chi connectivity index (χ1n) is 6.71. The van der Waals surface area contributed by atoms with Crippen molar-refractivity contribution < 1.29 is 18.5 Å². The summed E-state index contributed by atoms with van der Waals surface area (Å²) >= 11 is 0. The Balaban J connectivity index is 0.000000491. The van der Waals surface area contributed by atoms with Gasteiger partial charge in [0.25, 0.3) is 0 Å². The topological polar surface area (TPSA) is 55.8 Å². The Hall–Kier alpha value is -1.55. The van der Waals surface area contributed by atoms with Gasteiger partial charge in [-0.1, -0.05) is 56.0 Å². The minimum atomic E-state index is -4.14. The lowest BCUT2D eigenvalue weighted by Crippen LogP contribution is -1.99. The SMILES string of the molecule is C[SiH](C)C.O=P(O)(Oc1ccccc1)Oc1ccccc1. The van der Waals surface area contributed by atoms with Crippen LogP contribution in [0.15, 0.2) is 60.7 Å². The predicted octanol–water partition coefficient (Wildman–Crippen LogP) is 4.35. The molecule has 4 nitrogen and oxygen atoms in total.